The predicted octanol–water partition coefficient (Wildman–Crippen LogP) is 3.61. The first-order chi connectivity index (χ1) is 8.07. The molecule has 2 aliphatic rings. The van der Waals surface area contributed by atoms with Crippen LogP contribution in [0.25, 0.3) is 0 Å². The van der Waals surface area contributed by atoms with Crippen molar-refractivity contribution in [2.45, 2.75) is 65.2 Å². The van der Waals surface area contributed by atoms with Gasteiger partial charge >= 0.3 is 0 Å². The van der Waals surface area contributed by atoms with Crippen molar-refractivity contribution in [1.29, 1.82) is 0 Å². The van der Waals surface area contributed by atoms with Gasteiger partial charge < -0.3 is 4.90 Å². The van der Waals surface area contributed by atoms with Crippen LogP contribution in [-0.4, -0.2) is 23.9 Å². The third-order valence-electron chi connectivity index (χ3n) is 4.68. The second-order valence-electron chi connectivity index (χ2n) is 6.73. The molecule has 0 atom stereocenters. The Balaban J connectivity index is 1.67. The highest BCUT2D eigenvalue weighted by atomic mass is 16.2. The standard InChI is InChI=1S/C15H27NO/c1-15(2)9-7-13(8-10-15)5-6-14(17)16-11-3-4-12-16/h13H,3-12H2,1-2H3. The van der Waals surface area contributed by atoms with Crippen molar-refractivity contribution in [3.05, 3.63) is 0 Å². The first-order valence-electron chi connectivity index (χ1n) is 7.35. The molecule has 1 aliphatic carbocycles. The fraction of sp³-hybridized carbons (Fsp3) is 0.933. The number of hydrogen-bond acceptors (Lipinski definition) is 1. The highest BCUT2D eigenvalue weighted by Crippen LogP contribution is 2.39. The number of hydrogen-bond donors (Lipinski definition) is 0. The van der Waals surface area contributed by atoms with E-state index in [1.54, 1.807) is 0 Å². The summed E-state index contributed by atoms with van der Waals surface area (Å²) in [7, 11) is 0. The van der Waals surface area contributed by atoms with Gasteiger partial charge in [-0.25, -0.2) is 0 Å². The van der Waals surface area contributed by atoms with E-state index in [4.69, 9.17) is 0 Å². The Morgan fingerprint density at radius 2 is 1.76 bits per heavy atom. The fourth-order valence-corrected chi connectivity index (χ4v) is 3.20. The molecule has 0 spiro atoms. The average molecular weight is 237 g/mol. The summed E-state index contributed by atoms with van der Waals surface area (Å²) >= 11 is 0. The van der Waals surface area contributed by atoms with Gasteiger partial charge in [0, 0.05) is 19.5 Å². The van der Waals surface area contributed by atoms with Gasteiger partial charge in [-0.1, -0.05) is 13.8 Å². The summed E-state index contributed by atoms with van der Waals surface area (Å²) in [6.45, 7) is 6.77. The zero-order chi connectivity index (χ0) is 12.3. The normalized spacial score (nSPS) is 25.2. The summed E-state index contributed by atoms with van der Waals surface area (Å²) in [5.41, 5.74) is 0.551. The van der Waals surface area contributed by atoms with Gasteiger partial charge in [0.05, 0.1) is 0 Å². The molecule has 0 aromatic rings. The summed E-state index contributed by atoms with van der Waals surface area (Å²) in [6, 6.07) is 0. The predicted molar refractivity (Wildman–Crippen MR) is 70.8 cm³/mol. The Kier molecular flexibility index (Phi) is 4.11. The molecule has 0 radical (unpaired) electrons. The van der Waals surface area contributed by atoms with Crippen LogP contribution < -0.4 is 0 Å². The third kappa shape index (κ3) is 3.72. The molecule has 2 fully saturated rings. The van der Waals surface area contributed by atoms with Gasteiger partial charge in [0.1, 0.15) is 0 Å². The van der Waals surface area contributed by atoms with Crippen LogP contribution in [0.2, 0.25) is 0 Å². The highest BCUT2D eigenvalue weighted by molar-refractivity contribution is 5.76. The van der Waals surface area contributed by atoms with E-state index in [0.717, 1.165) is 31.8 Å². The molecule has 1 saturated carbocycles. The number of rotatable bonds is 3. The summed E-state index contributed by atoms with van der Waals surface area (Å²) in [5.74, 6) is 1.22. The van der Waals surface area contributed by atoms with Gasteiger partial charge in [0.2, 0.25) is 5.91 Å². The van der Waals surface area contributed by atoms with Crippen LogP contribution in [0.1, 0.15) is 65.2 Å². The van der Waals surface area contributed by atoms with Gasteiger partial charge in [-0.05, 0) is 56.3 Å². The fourth-order valence-electron chi connectivity index (χ4n) is 3.20. The molecule has 1 heterocycles. The van der Waals surface area contributed by atoms with Crippen molar-refractivity contribution in [2.24, 2.45) is 11.3 Å². The maximum Gasteiger partial charge on any atom is 0.222 e. The summed E-state index contributed by atoms with van der Waals surface area (Å²) in [6.07, 6.45) is 9.70. The summed E-state index contributed by atoms with van der Waals surface area (Å²) < 4.78 is 0. The molecule has 2 nitrogen and oxygen atoms in total. The zero-order valence-electron chi connectivity index (χ0n) is 11.5. The quantitative estimate of drug-likeness (QED) is 0.734. The number of likely N-dealkylation sites (tertiary alicyclic amines) is 1. The molecule has 0 N–H and O–H groups in total. The van der Waals surface area contributed by atoms with E-state index in [0.29, 0.717) is 11.3 Å². The van der Waals surface area contributed by atoms with E-state index < -0.39 is 0 Å². The van der Waals surface area contributed by atoms with Gasteiger partial charge in [0.15, 0.2) is 0 Å². The third-order valence-corrected chi connectivity index (χ3v) is 4.68. The van der Waals surface area contributed by atoms with E-state index in [-0.39, 0.29) is 0 Å². The molecule has 0 unspecified atom stereocenters. The van der Waals surface area contributed by atoms with Crippen LogP contribution in [-0.2, 0) is 4.79 Å². The number of nitrogens with zero attached hydrogens (tertiary/aromatic N) is 1. The first-order valence-corrected chi connectivity index (χ1v) is 7.35. The number of carbonyl (C=O) groups is 1. The molecule has 0 bridgehead atoms. The summed E-state index contributed by atoms with van der Waals surface area (Å²) in [5, 5.41) is 0. The SMILES string of the molecule is CC1(C)CCC(CCC(=O)N2CCCC2)CC1. The molecule has 17 heavy (non-hydrogen) atoms. The topological polar surface area (TPSA) is 20.3 Å². The maximum absolute atomic E-state index is 11.9. The Hall–Kier alpha value is -0.530. The monoisotopic (exact) mass is 237 g/mol. The van der Waals surface area contributed by atoms with Crippen molar-refractivity contribution in [3.8, 4) is 0 Å². The lowest BCUT2D eigenvalue weighted by Gasteiger charge is -2.34. The lowest BCUT2D eigenvalue weighted by molar-refractivity contribution is -0.130. The van der Waals surface area contributed by atoms with Crippen LogP contribution in [0.15, 0.2) is 0 Å². The molecule has 0 aromatic heterocycles. The van der Waals surface area contributed by atoms with Crippen molar-refractivity contribution >= 4 is 5.91 Å². The van der Waals surface area contributed by atoms with Crippen LogP contribution in [0.5, 0.6) is 0 Å². The molecule has 2 rings (SSSR count). The minimum Gasteiger partial charge on any atom is -0.343 e. The molecule has 2 heteroatoms. The largest absolute Gasteiger partial charge is 0.343 e. The average Bonchev–Trinajstić information content (AvgIpc) is 2.80. The van der Waals surface area contributed by atoms with Crippen molar-refractivity contribution in [2.75, 3.05) is 13.1 Å². The van der Waals surface area contributed by atoms with E-state index in [9.17, 15) is 4.79 Å². The van der Waals surface area contributed by atoms with E-state index >= 15 is 0 Å². The molecule has 0 aromatic carbocycles. The van der Waals surface area contributed by atoms with Crippen LogP contribution >= 0.6 is 0 Å². The maximum atomic E-state index is 11.9. The number of amides is 1. The second-order valence-corrected chi connectivity index (χ2v) is 6.73. The Bertz CT molecular complexity index is 256. The van der Waals surface area contributed by atoms with Crippen molar-refractivity contribution in [3.63, 3.8) is 0 Å². The lowest BCUT2D eigenvalue weighted by atomic mass is 9.72. The van der Waals surface area contributed by atoms with E-state index in [1.807, 2.05) is 0 Å². The Morgan fingerprint density at radius 1 is 1.18 bits per heavy atom. The molecule has 1 saturated heterocycles. The molecule has 98 valence electrons. The van der Waals surface area contributed by atoms with Gasteiger partial charge in [-0.15, -0.1) is 0 Å². The van der Waals surface area contributed by atoms with Gasteiger partial charge in [-0.3, -0.25) is 4.79 Å². The van der Waals surface area contributed by atoms with Crippen LogP contribution in [0.3, 0.4) is 0 Å². The molecular weight excluding hydrogens is 210 g/mol. The first kappa shape index (κ1) is 12.9. The molecular formula is C15H27NO. The summed E-state index contributed by atoms with van der Waals surface area (Å²) in [4.78, 5) is 14.0. The van der Waals surface area contributed by atoms with Crippen molar-refractivity contribution in [1.82, 2.24) is 4.90 Å². The van der Waals surface area contributed by atoms with E-state index in [2.05, 4.69) is 18.7 Å². The highest BCUT2D eigenvalue weighted by Gasteiger charge is 2.27. The molecule has 1 aliphatic heterocycles. The second kappa shape index (κ2) is 5.41. The van der Waals surface area contributed by atoms with Crippen LogP contribution in [0.4, 0.5) is 0 Å². The Morgan fingerprint density at radius 3 is 2.35 bits per heavy atom. The smallest absolute Gasteiger partial charge is 0.222 e. The van der Waals surface area contributed by atoms with E-state index in [1.165, 1.54) is 38.5 Å². The van der Waals surface area contributed by atoms with Crippen LogP contribution in [0, 0.1) is 11.3 Å². The molecule has 1 amide bonds. The minimum absolute atomic E-state index is 0.410. The minimum atomic E-state index is 0.410. The number of carbonyl (C=O) groups excluding carboxylic acids is 1. The van der Waals surface area contributed by atoms with Gasteiger partial charge in [-0.2, -0.15) is 0 Å². The van der Waals surface area contributed by atoms with Gasteiger partial charge in [0.25, 0.3) is 0 Å². The zero-order valence-corrected chi connectivity index (χ0v) is 11.5. The Labute approximate surface area is 106 Å². The van der Waals surface area contributed by atoms with Crippen molar-refractivity contribution < 1.29 is 4.79 Å². The lowest BCUT2D eigenvalue weighted by Crippen LogP contribution is -2.28.